The van der Waals surface area contributed by atoms with E-state index in [1.54, 1.807) is 13.1 Å². The first-order valence-electron chi connectivity index (χ1n) is 5.40. The number of nitrogens with zero attached hydrogens (tertiary/aromatic N) is 2. The average molecular weight is 245 g/mol. The van der Waals surface area contributed by atoms with Gasteiger partial charge in [-0.2, -0.15) is 0 Å². The van der Waals surface area contributed by atoms with Gasteiger partial charge >= 0.3 is 0 Å². The summed E-state index contributed by atoms with van der Waals surface area (Å²) in [5, 5.41) is 0.104. The van der Waals surface area contributed by atoms with Crippen molar-refractivity contribution in [3.8, 4) is 0 Å². The molecule has 6 heteroatoms. The summed E-state index contributed by atoms with van der Waals surface area (Å²) in [6.45, 7) is 8.81. The van der Waals surface area contributed by atoms with Crippen molar-refractivity contribution in [2.24, 2.45) is 5.92 Å². The molecule has 0 atom stereocenters. The third-order valence-electron chi connectivity index (χ3n) is 2.25. The number of nitrogens with one attached hydrogen (secondary N) is 1. The quantitative estimate of drug-likeness (QED) is 0.846. The van der Waals surface area contributed by atoms with Crippen LogP contribution < -0.4 is 4.72 Å². The average Bonchev–Trinajstić information content (AvgIpc) is 2.57. The predicted molar refractivity (Wildman–Crippen MR) is 62.7 cm³/mol. The SMILES string of the molecule is CCn1cc(S(=O)(=O)NCC(C)C)nc1C. The van der Waals surface area contributed by atoms with Gasteiger partial charge in [0.1, 0.15) is 5.82 Å². The van der Waals surface area contributed by atoms with Crippen LogP contribution in [0.5, 0.6) is 0 Å². The van der Waals surface area contributed by atoms with Crippen molar-refractivity contribution in [2.75, 3.05) is 6.54 Å². The summed E-state index contributed by atoms with van der Waals surface area (Å²) < 4.78 is 28.0. The van der Waals surface area contributed by atoms with Crippen molar-refractivity contribution in [3.05, 3.63) is 12.0 Å². The van der Waals surface area contributed by atoms with Gasteiger partial charge in [0.25, 0.3) is 10.0 Å². The van der Waals surface area contributed by atoms with E-state index in [9.17, 15) is 8.42 Å². The summed E-state index contributed by atoms with van der Waals surface area (Å²) in [5.74, 6) is 0.997. The van der Waals surface area contributed by atoms with Gasteiger partial charge in [-0.05, 0) is 19.8 Å². The highest BCUT2D eigenvalue weighted by Crippen LogP contribution is 2.09. The Hall–Kier alpha value is -0.880. The van der Waals surface area contributed by atoms with Crippen LogP contribution in [0.15, 0.2) is 11.2 Å². The van der Waals surface area contributed by atoms with Gasteiger partial charge in [-0.25, -0.2) is 18.1 Å². The fraction of sp³-hybridized carbons (Fsp3) is 0.700. The molecule has 1 aromatic rings. The van der Waals surface area contributed by atoms with E-state index in [-0.39, 0.29) is 10.9 Å². The molecule has 0 aromatic carbocycles. The Morgan fingerprint density at radius 3 is 2.56 bits per heavy atom. The first-order valence-corrected chi connectivity index (χ1v) is 6.88. The van der Waals surface area contributed by atoms with Crippen molar-refractivity contribution in [2.45, 2.75) is 39.3 Å². The molecule has 0 radical (unpaired) electrons. The summed E-state index contributed by atoms with van der Waals surface area (Å²) in [5.41, 5.74) is 0. The Bertz CT molecular complexity index is 449. The van der Waals surface area contributed by atoms with E-state index in [1.165, 1.54) is 0 Å². The molecule has 0 unspecified atom stereocenters. The minimum absolute atomic E-state index is 0.104. The third kappa shape index (κ3) is 3.05. The van der Waals surface area contributed by atoms with Crippen LogP contribution in [0, 0.1) is 12.8 Å². The van der Waals surface area contributed by atoms with Gasteiger partial charge in [-0.1, -0.05) is 13.8 Å². The van der Waals surface area contributed by atoms with Crippen LogP contribution >= 0.6 is 0 Å². The lowest BCUT2D eigenvalue weighted by atomic mass is 10.2. The van der Waals surface area contributed by atoms with Crippen molar-refractivity contribution in [3.63, 3.8) is 0 Å². The first-order chi connectivity index (χ1) is 7.36. The van der Waals surface area contributed by atoms with Gasteiger partial charge in [0.2, 0.25) is 0 Å². The Labute approximate surface area is 96.9 Å². The molecular formula is C10H19N3O2S. The highest BCUT2D eigenvalue weighted by atomic mass is 32.2. The molecule has 16 heavy (non-hydrogen) atoms. The number of hydrogen-bond acceptors (Lipinski definition) is 3. The number of rotatable bonds is 5. The topological polar surface area (TPSA) is 64.0 Å². The minimum atomic E-state index is -3.45. The van der Waals surface area contributed by atoms with Gasteiger partial charge in [-0.15, -0.1) is 0 Å². The van der Waals surface area contributed by atoms with Crippen LogP contribution in [0.3, 0.4) is 0 Å². The lowest BCUT2D eigenvalue weighted by Gasteiger charge is -2.06. The van der Waals surface area contributed by atoms with Crippen LogP contribution in [0.4, 0.5) is 0 Å². The summed E-state index contributed by atoms with van der Waals surface area (Å²) >= 11 is 0. The molecule has 0 aliphatic carbocycles. The second kappa shape index (κ2) is 4.97. The van der Waals surface area contributed by atoms with Crippen LogP contribution in [-0.2, 0) is 16.6 Å². The number of sulfonamides is 1. The molecule has 92 valence electrons. The largest absolute Gasteiger partial charge is 0.334 e. The van der Waals surface area contributed by atoms with E-state index in [0.717, 1.165) is 6.54 Å². The standard InChI is InChI=1S/C10H19N3O2S/c1-5-13-7-10(12-9(13)4)16(14,15)11-6-8(2)3/h7-8,11H,5-6H2,1-4H3. The lowest BCUT2D eigenvalue weighted by Crippen LogP contribution is -2.27. The summed E-state index contributed by atoms with van der Waals surface area (Å²) in [7, 11) is -3.45. The third-order valence-corrected chi connectivity index (χ3v) is 3.55. The monoisotopic (exact) mass is 245 g/mol. The Kier molecular flexibility index (Phi) is 4.09. The molecule has 0 fully saturated rings. The van der Waals surface area contributed by atoms with E-state index in [0.29, 0.717) is 12.4 Å². The molecule has 0 spiro atoms. The number of aryl methyl sites for hydroxylation is 2. The predicted octanol–water partition coefficient (Wildman–Crippen LogP) is 1.15. The maximum Gasteiger partial charge on any atom is 0.259 e. The number of imidazole rings is 1. The fourth-order valence-corrected chi connectivity index (χ4v) is 2.50. The molecular weight excluding hydrogens is 226 g/mol. The minimum Gasteiger partial charge on any atom is -0.334 e. The van der Waals surface area contributed by atoms with Gasteiger partial charge in [0, 0.05) is 19.3 Å². The van der Waals surface area contributed by atoms with E-state index >= 15 is 0 Å². The van der Waals surface area contributed by atoms with E-state index < -0.39 is 10.0 Å². The zero-order valence-electron chi connectivity index (χ0n) is 10.2. The first kappa shape index (κ1) is 13.2. The number of aromatic nitrogens is 2. The van der Waals surface area contributed by atoms with Crippen LogP contribution in [-0.4, -0.2) is 24.5 Å². The molecule has 0 saturated heterocycles. The molecule has 1 aromatic heterocycles. The molecule has 0 bridgehead atoms. The highest BCUT2D eigenvalue weighted by molar-refractivity contribution is 7.89. The van der Waals surface area contributed by atoms with Crippen molar-refractivity contribution in [1.29, 1.82) is 0 Å². The molecule has 0 aliphatic rings. The maximum atomic E-state index is 11.8. The molecule has 0 amide bonds. The summed E-state index contributed by atoms with van der Waals surface area (Å²) in [4.78, 5) is 4.04. The Balaban J connectivity index is 2.90. The normalized spacial score (nSPS) is 12.3. The fourth-order valence-electron chi connectivity index (χ4n) is 1.28. The molecule has 0 aliphatic heterocycles. The molecule has 5 nitrogen and oxygen atoms in total. The van der Waals surface area contributed by atoms with Gasteiger partial charge in [0.15, 0.2) is 5.03 Å². The highest BCUT2D eigenvalue weighted by Gasteiger charge is 2.18. The van der Waals surface area contributed by atoms with E-state index in [2.05, 4.69) is 9.71 Å². The van der Waals surface area contributed by atoms with E-state index in [4.69, 9.17) is 0 Å². The van der Waals surface area contributed by atoms with Crippen molar-refractivity contribution < 1.29 is 8.42 Å². The molecule has 1 rings (SSSR count). The van der Waals surface area contributed by atoms with Crippen LogP contribution in [0.1, 0.15) is 26.6 Å². The van der Waals surface area contributed by atoms with Gasteiger partial charge in [-0.3, -0.25) is 0 Å². The molecule has 0 saturated carbocycles. The van der Waals surface area contributed by atoms with Gasteiger partial charge in [0.05, 0.1) is 0 Å². The smallest absolute Gasteiger partial charge is 0.259 e. The summed E-state index contributed by atoms with van der Waals surface area (Å²) in [6, 6.07) is 0. The zero-order valence-corrected chi connectivity index (χ0v) is 11.0. The van der Waals surface area contributed by atoms with Crippen LogP contribution in [0.2, 0.25) is 0 Å². The van der Waals surface area contributed by atoms with Crippen LogP contribution in [0.25, 0.3) is 0 Å². The van der Waals surface area contributed by atoms with Gasteiger partial charge < -0.3 is 4.57 Å². The lowest BCUT2D eigenvalue weighted by molar-refractivity contribution is 0.557. The summed E-state index contributed by atoms with van der Waals surface area (Å²) in [6.07, 6.45) is 1.57. The second-order valence-corrected chi connectivity index (χ2v) is 5.87. The Morgan fingerprint density at radius 1 is 1.50 bits per heavy atom. The maximum absolute atomic E-state index is 11.8. The van der Waals surface area contributed by atoms with Crippen molar-refractivity contribution in [1.82, 2.24) is 14.3 Å². The Morgan fingerprint density at radius 2 is 2.12 bits per heavy atom. The number of hydrogen-bond donors (Lipinski definition) is 1. The second-order valence-electron chi connectivity index (χ2n) is 4.16. The van der Waals surface area contributed by atoms with Crippen molar-refractivity contribution >= 4 is 10.0 Å². The zero-order chi connectivity index (χ0) is 12.3. The van der Waals surface area contributed by atoms with E-state index in [1.807, 2.05) is 25.3 Å². The molecule has 1 heterocycles. The molecule has 1 N–H and O–H groups in total.